The predicted molar refractivity (Wildman–Crippen MR) is 135 cm³/mol. The molecule has 11 heteroatoms. The zero-order chi connectivity index (χ0) is 21.2. The first-order chi connectivity index (χ1) is 13.7. The molecule has 4 nitrogen and oxygen atoms in total. The molecule has 0 spiro atoms. The van der Waals surface area contributed by atoms with Crippen LogP contribution in [0.2, 0.25) is 0 Å². The van der Waals surface area contributed by atoms with Gasteiger partial charge in [0.15, 0.2) is 0 Å². The quantitative estimate of drug-likeness (QED) is 0.184. The molecular weight excluding hydrogens is 791 g/mol. The van der Waals surface area contributed by atoms with Gasteiger partial charge in [-0.25, -0.2) is 0 Å². The van der Waals surface area contributed by atoms with Crippen LogP contribution in [-0.4, -0.2) is 0 Å². The van der Waals surface area contributed by atoms with Crippen LogP contribution in [0.3, 0.4) is 0 Å². The third kappa shape index (κ3) is 5.90. The average Bonchev–Trinajstić information content (AvgIpc) is 2.70. The van der Waals surface area contributed by atoms with Crippen molar-refractivity contribution in [3.8, 4) is 17.2 Å². The number of phosphoric acid groups is 1. The molecule has 3 rings (SSSR count). The highest BCUT2D eigenvalue weighted by Crippen LogP contribution is 2.54. The van der Waals surface area contributed by atoms with Crippen LogP contribution in [0, 0.1) is 0 Å². The lowest BCUT2D eigenvalue weighted by atomic mass is 10.3. The van der Waals surface area contributed by atoms with E-state index in [2.05, 4.69) is 95.6 Å². The minimum absolute atomic E-state index is 0.284. The Morgan fingerprint density at radius 2 is 1.00 bits per heavy atom. The van der Waals surface area contributed by atoms with Gasteiger partial charge in [0.2, 0.25) is 0 Å². The van der Waals surface area contributed by atoms with Crippen LogP contribution in [0.25, 0.3) is 0 Å². The maximum atomic E-state index is 13.7. The van der Waals surface area contributed by atoms with Crippen molar-refractivity contribution in [1.82, 2.24) is 0 Å². The van der Waals surface area contributed by atoms with Gasteiger partial charge in [0, 0.05) is 17.9 Å². The fourth-order valence-corrected chi connectivity index (χ4v) is 6.29. The molecule has 0 fully saturated rings. The number of hydrogen-bond acceptors (Lipinski definition) is 4. The molecule has 3 aromatic carbocycles. The minimum Gasteiger partial charge on any atom is -0.386 e. The van der Waals surface area contributed by atoms with Crippen LogP contribution >= 0.6 is 103 Å². The minimum atomic E-state index is -4.14. The first-order valence-corrected chi connectivity index (χ1v) is 13.9. The maximum Gasteiger partial charge on any atom is 0.647 e. The Bertz CT molecular complexity index is 1030. The molecule has 0 unspecified atom stereocenters. The number of benzene rings is 3. The van der Waals surface area contributed by atoms with Gasteiger partial charge in [0.1, 0.15) is 17.2 Å². The van der Waals surface area contributed by atoms with Crippen LogP contribution in [0.1, 0.15) is 0 Å². The normalized spacial score (nSPS) is 11.2. The van der Waals surface area contributed by atoms with Crippen LogP contribution in [0.15, 0.2) is 81.4 Å². The Balaban J connectivity index is 2.02. The molecule has 0 aliphatic rings. The van der Waals surface area contributed by atoms with Gasteiger partial charge in [-0.05, 0) is 132 Å². The fraction of sp³-hybridized carbons (Fsp3) is 0. The molecule has 0 aliphatic heterocycles. The molecule has 0 amide bonds. The summed E-state index contributed by atoms with van der Waals surface area (Å²) in [7, 11) is -4.14. The summed E-state index contributed by atoms with van der Waals surface area (Å²) in [5.74, 6) is 0.911. The molecule has 0 atom stereocenters. The van der Waals surface area contributed by atoms with Gasteiger partial charge < -0.3 is 13.6 Å². The van der Waals surface area contributed by atoms with Gasteiger partial charge in [-0.15, -0.1) is 0 Å². The third-order valence-corrected chi connectivity index (χ3v) is 11.3. The zero-order valence-corrected chi connectivity index (χ0v) is 24.5. The van der Waals surface area contributed by atoms with E-state index >= 15 is 0 Å². The van der Waals surface area contributed by atoms with Crippen molar-refractivity contribution in [3.63, 3.8) is 0 Å². The summed E-state index contributed by atoms with van der Waals surface area (Å²) in [4.78, 5) is 0. The number of hydrogen-bond donors (Lipinski definition) is 0. The van der Waals surface area contributed by atoms with Crippen LogP contribution in [-0.2, 0) is 4.57 Å². The second kappa shape index (κ2) is 10.2. The van der Waals surface area contributed by atoms with E-state index in [9.17, 15) is 4.57 Å². The van der Waals surface area contributed by atoms with Crippen molar-refractivity contribution >= 4 is 103 Å². The fourth-order valence-electron chi connectivity index (χ4n) is 2.06. The van der Waals surface area contributed by atoms with Crippen LogP contribution in [0.4, 0.5) is 0 Å². The van der Waals surface area contributed by atoms with Gasteiger partial charge >= 0.3 is 7.82 Å². The van der Waals surface area contributed by atoms with Crippen LogP contribution in [0.5, 0.6) is 17.2 Å². The van der Waals surface area contributed by atoms with E-state index in [-0.39, 0.29) is 11.5 Å². The zero-order valence-electron chi connectivity index (χ0n) is 14.0. The number of phosphoric ester groups is 1. The molecular formula is C18H9Br6O4P. The van der Waals surface area contributed by atoms with E-state index in [4.69, 9.17) is 13.6 Å². The highest BCUT2D eigenvalue weighted by molar-refractivity contribution is 9.15. The Hall–Kier alpha value is 0.170. The Labute approximate surface area is 218 Å². The summed E-state index contributed by atoms with van der Waals surface area (Å²) in [6.07, 6.45) is 0. The van der Waals surface area contributed by atoms with Crippen molar-refractivity contribution in [2.75, 3.05) is 0 Å². The van der Waals surface area contributed by atoms with Gasteiger partial charge in [-0.2, -0.15) is 4.57 Å². The molecule has 0 radical (unpaired) electrons. The van der Waals surface area contributed by atoms with E-state index in [1.807, 2.05) is 6.07 Å². The first kappa shape index (κ1) is 23.8. The molecule has 152 valence electrons. The molecule has 0 N–H and O–H groups in total. The molecule has 29 heavy (non-hydrogen) atoms. The summed E-state index contributed by atoms with van der Waals surface area (Å²) in [5, 5.41) is 0. The van der Waals surface area contributed by atoms with Crippen molar-refractivity contribution in [2.24, 2.45) is 0 Å². The molecule has 0 bridgehead atoms. The lowest BCUT2D eigenvalue weighted by molar-refractivity contribution is 0.297. The largest absolute Gasteiger partial charge is 0.647 e. The molecule has 0 aliphatic carbocycles. The number of para-hydroxylation sites is 1. The highest BCUT2D eigenvalue weighted by Gasteiger charge is 2.35. The van der Waals surface area contributed by atoms with Gasteiger partial charge in [-0.3, -0.25) is 0 Å². The predicted octanol–water partition coefficient (Wildman–Crippen LogP) is 9.91. The Morgan fingerprint density at radius 1 is 0.552 bits per heavy atom. The van der Waals surface area contributed by atoms with Crippen molar-refractivity contribution in [3.05, 3.63) is 81.4 Å². The summed E-state index contributed by atoms with van der Waals surface area (Å²) < 4.78 is 35.0. The summed E-state index contributed by atoms with van der Waals surface area (Å²) in [6.45, 7) is 0. The summed E-state index contributed by atoms with van der Waals surface area (Å²) >= 11 is 20.6. The summed E-state index contributed by atoms with van der Waals surface area (Å²) in [5.41, 5.74) is 0. The van der Waals surface area contributed by atoms with E-state index in [0.717, 1.165) is 8.95 Å². The molecule has 0 saturated carbocycles. The second-order valence-electron chi connectivity index (χ2n) is 5.38. The van der Waals surface area contributed by atoms with Crippen molar-refractivity contribution < 1.29 is 18.1 Å². The third-order valence-electron chi connectivity index (χ3n) is 3.38. The van der Waals surface area contributed by atoms with E-state index < -0.39 is 7.82 Å². The summed E-state index contributed by atoms with van der Waals surface area (Å²) in [6, 6.07) is 15.5. The highest BCUT2D eigenvalue weighted by atomic mass is 79.9. The van der Waals surface area contributed by atoms with Crippen LogP contribution < -0.4 is 13.6 Å². The average molecular weight is 800 g/mol. The molecule has 0 aromatic heterocycles. The van der Waals surface area contributed by atoms with Crippen molar-refractivity contribution in [1.29, 1.82) is 0 Å². The first-order valence-electron chi connectivity index (χ1n) is 7.71. The van der Waals surface area contributed by atoms with Crippen molar-refractivity contribution in [2.45, 2.75) is 0 Å². The molecule has 3 aromatic rings. The van der Waals surface area contributed by atoms with Gasteiger partial charge in [0.25, 0.3) is 0 Å². The molecule has 0 heterocycles. The monoisotopic (exact) mass is 794 g/mol. The molecule has 0 saturated heterocycles. The van der Waals surface area contributed by atoms with E-state index in [1.165, 1.54) is 0 Å². The van der Waals surface area contributed by atoms with E-state index in [0.29, 0.717) is 23.6 Å². The lowest BCUT2D eigenvalue weighted by Gasteiger charge is -2.21. The lowest BCUT2D eigenvalue weighted by Crippen LogP contribution is -2.08. The standard InChI is InChI=1S/C18H9Br6O4P/c19-11-6-8-13(17(23)15(11)21)27-29(25,26-10-4-2-1-3-5-10)28-14-9-7-12(20)16(22)18(14)24/h1-9H. The number of halogens is 6. The van der Waals surface area contributed by atoms with Gasteiger partial charge in [0.05, 0.1) is 8.95 Å². The SMILES string of the molecule is O=P(Oc1ccccc1)(Oc1ccc(Br)c(Br)c1Br)Oc1ccc(Br)c(Br)c1Br. The second-order valence-corrected chi connectivity index (χ2v) is 11.7. The van der Waals surface area contributed by atoms with E-state index in [1.54, 1.807) is 48.5 Å². The topological polar surface area (TPSA) is 44.8 Å². The Kier molecular flexibility index (Phi) is 8.37. The maximum absolute atomic E-state index is 13.7. The Morgan fingerprint density at radius 3 is 1.45 bits per heavy atom. The van der Waals surface area contributed by atoms with Gasteiger partial charge in [-0.1, -0.05) is 18.2 Å². The number of rotatable bonds is 6. The smallest absolute Gasteiger partial charge is 0.386 e.